The van der Waals surface area contributed by atoms with Crippen LogP contribution in [-0.4, -0.2) is 20.9 Å². The first-order valence-electron chi connectivity index (χ1n) is 6.11. The van der Waals surface area contributed by atoms with Crippen molar-refractivity contribution in [1.29, 1.82) is 0 Å². The first kappa shape index (κ1) is 12.6. The Labute approximate surface area is 103 Å². The number of rotatable bonds is 2. The summed E-state index contributed by atoms with van der Waals surface area (Å²) in [6.07, 6.45) is 11.4. The smallest absolute Gasteiger partial charge is 0.205 e. The molecule has 2 aliphatic rings. The Balaban J connectivity index is 2.33. The van der Waals surface area contributed by atoms with Crippen LogP contribution in [0.5, 0.6) is 0 Å². The standard InChI is InChI=1S/C13H19NO2S/c1-10-5-3-6-11(9-14-17(2,15)16)13-8-4-7-12(10)13/h3,5,9-10,12H,4,6-8H2,1-2H3/b14-9+/t10-,12+/m0/s1. The van der Waals surface area contributed by atoms with Crippen molar-refractivity contribution in [1.82, 2.24) is 0 Å². The molecule has 0 N–H and O–H groups in total. The highest BCUT2D eigenvalue weighted by Crippen LogP contribution is 2.40. The Bertz CT molecular complexity index is 486. The molecule has 2 aliphatic carbocycles. The summed E-state index contributed by atoms with van der Waals surface area (Å²) in [7, 11) is -3.27. The lowest BCUT2D eigenvalue weighted by Crippen LogP contribution is -2.07. The highest BCUT2D eigenvalue weighted by molar-refractivity contribution is 7.89. The quantitative estimate of drug-likeness (QED) is 0.561. The van der Waals surface area contributed by atoms with Crippen LogP contribution in [0, 0.1) is 11.8 Å². The minimum atomic E-state index is -3.27. The van der Waals surface area contributed by atoms with Crippen molar-refractivity contribution in [2.45, 2.75) is 32.6 Å². The number of sulfonamides is 1. The lowest BCUT2D eigenvalue weighted by Gasteiger charge is -2.17. The van der Waals surface area contributed by atoms with Gasteiger partial charge >= 0.3 is 0 Å². The van der Waals surface area contributed by atoms with Crippen molar-refractivity contribution in [3.05, 3.63) is 23.3 Å². The normalized spacial score (nSPS) is 29.8. The van der Waals surface area contributed by atoms with E-state index in [1.54, 1.807) is 6.21 Å². The fourth-order valence-electron chi connectivity index (χ4n) is 2.82. The molecule has 0 unspecified atom stereocenters. The van der Waals surface area contributed by atoms with Gasteiger partial charge in [0.2, 0.25) is 10.0 Å². The number of hydrogen-bond acceptors (Lipinski definition) is 2. The summed E-state index contributed by atoms with van der Waals surface area (Å²) >= 11 is 0. The molecule has 2 atom stereocenters. The highest BCUT2D eigenvalue weighted by atomic mass is 32.2. The van der Waals surface area contributed by atoms with Crippen molar-refractivity contribution < 1.29 is 8.42 Å². The third kappa shape index (κ3) is 3.06. The van der Waals surface area contributed by atoms with E-state index in [1.165, 1.54) is 18.4 Å². The lowest BCUT2D eigenvalue weighted by molar-refractivity contribution is 0.498. The molecular weight excluding hydrogens is 234 g/mol. The van der Waals surface area contributed by atoms with Gasteiger partial charge < -0.3 is 0 Å². The van der Waals surface area contributed by atoms with Crippen LogP contribution in [-0.2, 0) is 10.0 Å². The van der Waals surface area contributed by atoms with Crippen LogP contribution in [0.25, 0.3) is 0 Å². The van der Waals surface area contributed by atoms with Crippen LogP contribution in [0.3, 0.4) is 0 Å². The summed E-state index contributed by atoms with van der Waals surface area (Å²) < 4.78 is 25.8. The maximum Gasteiger partial charge on any atom is 0.250 e. The Hall–Kier alpha value is -0.900. The monoisotopic (exact) mass is 253 g/mol. The van der Waals surface area contributed by atoms with Gasteiger partial charge in [-0.15, -0.1) is 0 Å². The molecule has 3 nitrogen and oxygen atoms in total. The molecule has 1 fully saturated rings. The predicted octanol–water partition coefficient (Wildman–Crippen LogP) is 2.71. The zero-order valence-electron chi connectivity index (χ0n) is 10.4. The molecule has 94 valence electrons. The third-order valence-electron chi connectivity index (χ3n) is 3.63. The Morgan fingerprint density at radius 1 is 1.47 bits per heavy atom. The molecule has 17 heavy (non-hydrogen) atoms. The van der Waals surface area contributed by atoms with Crippen LogP contribution in [0.2, 0.25) is 0 Å². The molecule has 0 spiro atoms. The molecule has 0 aromatic rings. The molecule has 2 rings (SSSR count). The van der Waals surface area contributed by atoms with E-state index in [-0.39, 0.29) is 0 Å². The van der Waals surface area contributed by atoms with Gasteiger partial charge in [0.1, 0.15) is 0 Å². The van der Waals surface area contributed by atoms with E-state index in [0.29, 0.717) is 11.8 Å². The molecule has 0 heterocycles. The second-order valence-corrected chi connectivity index (χ2v) is 6.68. The zero-order chi connectivity index (χ0) is 12.5. The summed E-state index contributed by atoms with van der Waals surface area (Å²) in [6, 6.07) is 0. The van der Waals surface area contributed by atoms with E-state index in [2.05, 4.69) is 23.5 Å². The Morgan fingerprint density at radius 2 is 2.24 bits per heavy atom. The van der Waals surface area contributed by atoms with E-state index in [4.69, 9.17) is 0 Å². The molecule has 0 amide bonds. The fourth-order valence-corrected chi connectivity index (χ4v) is 3.14. The van der Waals surface area contributed by atoms with Gasteiger partial charge in [0, 0.05) is 6.21 Å². The van der Waals surface area contributed by atoms with Gasteiger partial charge in [-0.3, -0.25) is 0 Å². The molecule has 0 aromatic heterocycles. The van der Waals surface area contributed by atoms with Gasteiger partial charge in [0.05, 0.1) is 6.26 Å². The van der Waals surface area contributed by atoms with Gasteiger partial charge in [-0.25, -0.2) is 8.42 Å². The van der Waals surface area contributed by atoms with E-state index in [9.17, 15) is 8.42 Å². The van der Waals surface area contributed by atoms with E-state index >= 15 is 0 Å². The van der Waals surface area contributed by atoms with Crippen LogP contribution < -0.4 is 0 Å². The SMILES string of the molecule is C[C@H]1C=CCC(/C=N/S(C)(=O)=O)=C2CCC[C@@H]21. The molecule has 0 radical (unpaired) electrons. The molecular formula is C13H19NO2S. The lowest BCUT2D eigenvalue weighted by atomic mass is 9.88. The second kappa shape index (κ2) is 4.77. The van der Waals surface area contributed by atoms with Crippen LogP contribution in [0.4, 0.5) is 0 Å². The molecule has 4 heteroatoms. The number of allylic oxidation sites excluding steroid dienone is 4. The topological polar surface area (TPSA) is 46.5 Å². The summed E-state index contributed by atoms with van der Waals surface area (Å²) in [6.45, 7) is 2.24. The third-order valence-corrected chi connectivity index (χ3v) is 4.12. The van der Waals surface area contributed by atoms with Crippen LogP contribution in [0.1, 0.15) is 32.6 Å². The average molecular weight is 253 g/mol. The fraction of sp³-hybridized carbons (Fsp3) is 0.615. The summed E-state index contributed by atoms with van der Waals surface area (Å²) in [5.41, 5.74) is 2.54. The molecule has 0 aliphatic heterocycles. The van der Waals surface area contributed by atoms with E-state index in [1.807, 2.05) is 0 Å². The predicted molar refractivity (Wildman–Crippen MR) is 70.6 cm³/mol. The largest absolute Gasteiger partial charge is 0.250 e. The zero-order valence-corrected chi connectivity index (χ0v) is 11.2. The Kier molecular flexibility index (Phi) is 3.52. The number of hydrogen-bond donors (Lipinski definition) is 0. The molecule has 0 saturated heterocycles. The number of fused-ring (bicyclic) bond motifs is 1. The average Bonchev–Trinajstić information content (AvgIpc) is 2.65. The van der Waals surface area contributed by atoms with Gasteiger partial charge in [0.25, 0.3) is 0 Å². The van der Waals surface area contributed by atoms with Crippen molar-refractivity contribution in [2.24, 2.45) is 16.2 Å². The summed E-state index contributed by atoms with van der Waals surface area (Å²) in [5, 5.41) is 0. The Morgan fingerprint density at radius 3 is 2.94 bits per heavy atom. The van der Waals surface area contributed by atoms with Gasteiger partial charge in [-0.1, -0.05) is 24.6 Å². The number of nitrogens with zero attached hydrogens (tertiary/aromatic N) is 1. The first-order chi connectivity index (χ1) is 7.97. The van der Waals surface area contributed by atoms with E-state index in [0.717, 1.165) is 24.7 Å². The van der Waals surface area contributed by atoms with Gasteiger partial charge in [-0.05, 0) is 43.1 Å². The summed E-state index contributed by atoms with van der Waals surface area (Å²) in [4.78, 5) is 0. The maximum atomic E-state index is 11.1. The van der Waals surface area contributed by atoms with E-state index < -0.39 is 10.0 Å². The van der Waals surface area contributed by atoms with Crippen molar-refractivity contribution in [3.63, 3.8) is 0 Å². The van der Waals surface area contributed by atoms with Crippen molar-refractivity contribution >= 4 is 16.2 Å². The van der Waals surface area contributed by atoms with Crippen molar-refractivity contribution in [2.75, 3.05) is 6.26 Å². The highest BCUT2D eigenvalue weighted by Gasteiger charge is 2.28. The second-order valence-electron chi connectivity index (χ2n) is 5.01. The van der Waals surface area contributed by atoms with Crippen molar-refractivity contribution in [3.8, 4) is 0 Å². The van der Waals surface area contributed by atoms with Gasteiger partial charge in [-0.2, -0.15) is 4.40 Å². The molecule has 0 bridgehead atoms. The minimum Gasteiger partial charge on any atom is -0.205 e. The van der Waals surface area contributed by atoms with Crippen LogP contribution in [0.15, 0.2) is 27.7 Å². The molecule has 1 saturated carbocycles. The minimum absolute atomic E-state index is 0.566. The summed E-state index contributed by atoms with van der Waals surface area (Å²) in [5.74, 6) is 1.16. The molecule has 0 aromatic carbocycles. The first-order valence-corrected chi connectivity index (χ1v) is 7.96. The maximum absolute atomic E-state index is 11.1. The van der Waals surface area contributed by atoms with Gasteiger partial charge in [0.15, 0.2) is 0 Å². The van der Waals surface area contributed by atoms with Crippen LogP contribution >= 0.6 is 0 Å².